The molecule has 1 N–H and O–H groups in total. The number of rotatable bonds is 9. The van der Waals surface area contributed by atoms with Gasteiger partial charge in [-0.05, 0) is 50.9 Å². The average molecular weight is 414 g/mol. The van der Waals surface area contributed by atoms with Crippen molar-refractivity contribution in [3.05, 3.63) is 29.6 Å². The highest BCUT2D eigenvalue weighted by Crippen LogP contribution is 2.19. The first kappa shape index (κ1) is 22.8. The van der Waals surface area contributed by atoms with Gasteiger partial charge in [0.2, 0.25) is 10.0 Å². The lowest BCUT2D eigenvalue weighted by Crippen LogP contribution is -2.39. The van der Waals surface area contributed by atoms with Gasteiger partial charge in [0.15, 0.2) is 0 Å². The Morgan fingerprint density at radius 3 is 2.64 bits per heavy atom. The maximum atomic E-state index is 14.1. The van der Waals surface area contributed by atoms with Crippen LogP contribution in [0.2, 0.25) is 0 Å². The van der Waals surface area contributed by atoms with Crippen LogP contribution in [0.4, 0.5) is 4.39 Å². The van der Waals surface area contributed by atoms with Crippen LogP contribution in [0.5, 0.6) is 0 Å². The molecular weight excluding hydrogens is 381 g/mol. The van der Waals surface area contributed by atoms with E-state index >= 15 is 0 Å². The lowest BCUT2D eigenvalue weighted by Gasteiger charge is -2.33. The molecule has 0 unspecified atom stereocenters. The molecule has 0 radical (unpaired) electrons. The number of likely N-dealkylation sites (tertiary alicyclic amines) is 1. The molecule has 0 aliphatic carbocycles. The zero-order chi connectivity index (χ0) is 20.7. The predicted octanol–water partition coefficient (Wildman–Crippen LogP) is 2.85. The van der Waals surface area contributed by atoms with Crippen molar-refractivity contribution < 1.29 is 17.6 Å². The molecule has 2 rings (SSSR count). The Morgan fingerprint density at radius 2 is 2.00 bits per heavy atom. The molecule has 6 nitrogen and oxygen atoms in total. The fourth-order valence-corrected chi connectivity index (χ4v) is 5.11. The lowest BCUT2D eigenvalue weighted by atomic mass is 10.0. The second-order valence-corrected chi connectivity index (χ2v) is 9.16. The smallest absolute Gasteiger partial charge is 0.254 e. The summed E-state index contributed by atoms with van der Waals surface area (Å²) >= 11 is 0. The molecule has 0 aromatic heterocycles. The Kier molecular flexibility index (Phi) is 8.39. The van der Waals surface area contributed by atoms with Gasteiger partial charge in [0.1, 0.15) is 5.82 Å². The third-order valence-electron chi connectivity index (χ3n) is 5.37. The maximum Gasteiger partial charge on any atom is 0.254 e. The molecule has 0 spiro atoms. The number of carbonyl (C=O) groups excluding carboxylic acids is 1. The SMILES string of the molecule is CCN(CC)S(=O)(=O)c1ccc(F)c(C(=O)NCCCN2CCCC[C@@H]2C)c1. The third kappa shape index (κ3) is 5.52. The van der Waals surface area contributed by atoms with Crippen molar-refractivity contribution in [1.29, 1.82) is 0 Å². The maximum absolute atomic E-state index is 14.1. The summed E-state index contributed by atoms with van der Waals surface area (Å²) in [5.41, 5.74) is -0.237. The van der Waals surface area contributed by atoms with Crippen LogP contribution in [0.25, 0.3) is 0 Å². The van der Waals surface area contributed by atoms with Crippen LogP contribution in [-0.2, 0) is 10.0 Å². The van der Waals surface area contributed by atoms with Crippen molar-refractivity contribution in [2.24, 2.45) is 0 Å². The van der Waals surface area contributed by atoms with Crippen LogP contribution in [0, 0.1) is 5.82 Å². The first-order valence-electron chi connectivity index (χ1n) is 10.1. The molecule has 1 fully saturated rings. The second kappa shape index (κ2) is 10.3. The minimum Gasteiger partial charge on any atom is -0.352 e. The van der Waals surface area contributed by atoms with Crippen LogP contribution >= 0.6 is 0 Å². The van der Waals surface area contributed by atoms with Gasteiger partial charge in [-0.25, -0.2) is 12.8 Å². The van der Waals surface area contributed by atoms with Gasteiger partial charge < -0.3 is 10.2 Å². The average Bonchev–Trinajstić information content (AvgIpc) is 2.67. The summed E-state index contributed by atoms with van der Waals surface area (Å²) in [7, 11) is -3.74. The van der Waals surface area contributed by atoms with Crippen molar-refractivity contribution >= 4 is 15.9 Å². The molecular formula is C20H32FN3O3S. The van der Waals surface area contributed by atoms with Gasteiger partial charge >= 0.3 is 0 Å². The van der Waals surface area contributed by atoms with Crippen molar-refractivity contribution in [1.82, 2.24) is 14.5 Å². The topological polar surface area (TPSA) is 69.7 Å². The molecule has 1 aliphatic heterocycles. The summed E-state index contributed by atoms with van der Waals surface area (Å²) in [6.45, 7) is 8.71. The molecule has 158 valence electrons. The molecule has 8 heteroatoms. The van der Waals surface area contributed by atoms with Crippen molar-refractivity contribution in [3.8, 4) is 0 Å². The number of nitrogens with one attached hydrogen (secondary N) is 1. The van der Waals surface area contributed by atoms with E-state index in [-0.39, 0.29) is 10.5 Å². The molecule has 1 amide bonds. The van der Waals surface area contributed by atoms with Crippen molar-refractivity contribution in [2.75, 3.05) is 32.7 Å². The Bertz CT molecular complexity index is 766. The van der Waals surface area contributed by atoms with Gasteiger partial charge in [0.05, 0.1) is 10.5 Å². The summed E-state index contributed by atoms with van der Waals surface area (Å²) in [4.78, 5) is 14.7. The number of hydrogen-bond acceptors (Lipinski definition) is 4. The highest BCUT2D eigenvalue weighted by Gasteiger charge is 2.24. The summed E-state index contributed by atoms with van der Waals surface area (Å²) in [5, 5.41) is 2.72. The molecule has 1 aromatic rings. The number of amides is 1. The Morgan fingerprint density at radius 1 is 1.29 bits per heavy atom. The standard InChI is InChI=1S/C20H32FN3O3S/c1-4-24(5-2)28(26,27)17-10-11-19(21)18(15-17)20(25)22-12-8-14-23-13-7-6-9-16(23)3/h10-11,15-16H,4-9,12-14H2,1-3H3,(H,22,25)/t16-/m0/s1. The van der Waals surface area contributed by atoms with Crippen molar-refractivity contribution in [2.45, 2.75) is 57.4 Å². The van der Waals surface area contributed by atoms with Gasteiger partial charge in [-0.15, -0.1) is 0 Å². The number of halogens is 1. The number of carbonyl (C=O) groups is 1. The van der Waals surface area contributed by atoms with Gasteiger partial charge in [0, 0.05) is 32.2 Å². The van der Waals surface area contributed by atoms with Gasteiger partial charge in [-0.3, -0.25) is 4.79 Å². The van der Waals surface area contributed by atoms with E-state index in [1.54, 1.807) is 13.8 Å². The van der Waals surface area contributed by atoms with Crippen molar-refractivity contribution in [3.63, 3.8) is 0 Å². The molecule has 1 aromatic carbocycles. The zero-order valence-electron chi connectivity index (χ0n) is 17.1. The van der Waals surface area contributed by atoms with Gasteiger partial charge in [0.25, 0.3) is 5.91 Å². The molecule has 1 aliphatic rings. The zero-order valence-corrected chi connectivity index (χ0v) is 17.9. The predicted molar refractivity (Wildman–Crippen MR) is 108 cm³/mol. The number of nitrogens with zero attached hydrogens (tertiary/aromatic N) is 2. The lowest BCUT2D eigenvalue weighted by molar-refractivity contribution is 0.0944. The number of benzene rings is 1. The highest BCUT2D eigenvalue weighted by molar-refractivity contribution is 7.89. The normalized spacial score (nSPS) is 18.4. The fraction of sp³-hybridized carbons (Fsp3) is 0.650. The summed E-state index contributed by atoms with van der Waals surface area (Å²) in [5.74, 6) is -1.30. The molecule has 0 bridgehead atoms. The van der Waals surface area contributed by atoms with E-state index in [2.05, 4.69) is 17.1 Å². The Labute approximate surface area is 168 Å². The van der Waals surface area contributed by atoms with E-state index in [1.165, 1.54) is 29.6 Å². The van der Waals surface area contributed by atoms with E-state index < -0.39 is 21.7 Å². The summed E-state index contributed by atoms with van der Waals surface area (Å²) in [6, 6.07) is 3.94. The molecule has 1 saturated heterocycles. The van der Waals surface area contributed by atoms with Crippen LogP contribution in [-0.4, -0.2) is 62.3 Å². The minimum absolute atomic E-state index is 0.0649. The Balaban J connectivity index is 1.99. The molecule has 0 saturated carbocycles. The van der Waals surface area contributed by atoms with E-state index in [1.807, 2.05) is 0 Å². The van der Waals surface area contributed by atoms with Gasteiger partial charge in [-0.2, -0.15) is 4.31 Å². The summed E-state index contributed by atoms with van der Waals surface area (Å²) < 4.78 is 40.7. The van der Waals surface area contributed by atoms with Crippen LogP contribution < -0.4 is 5.32 Å². The second-order valence-electron chi connectivity index (χ2n) is 7.22. The van der Waals surface area contributed by atoms with E-state index in [0.717, 1.165) is 31.6 Å². The Hall–Kier alpha value is -1.51. The monoisotopic (exact) mass is 413 g/mol. The van der Waals surface area contributed by atoms with Crippen LogP contribution in [0.1, 0.15) is 56.8 Å². The quantitative estimate of drug-likeness (QED) is 0.632. The van der Waals surface area contributed by atoms with E-state index in [9.17, 15) is 17.6 Å². The van der Waals surface area contributed by atoms with Crippen LogP contribution in [0.15, 0.2) is 23.1 Å². The van der Waals surface area contributed by atoms with Gasteiger partial charge in [-0.1, -0.05) is 20.3 Å². The minimum atomic E-state index is -3.74. The number of hydrogen-bond donors (Lipinski definition) is 1. The fourth-order valence-electron chi connectivity index (χ4n) is 3.62. The first-order chi connectivity index (χ1) is 13.3. The number of piperidine rings is 1. The number of sulfonamides is 1. The van der Waals surface area contributed by atoms with E-state index in [4.69, 9.17) is 0 Å². The van der Waals surface area contributed by atoms with E-state index in [0.29, 0.717) is 25.7 Å². The molecule has 1 atom stereocenters. The largest absolute Gasteiger partial charge is 0.352 e. The molecule has 1 heterocycles. The highest BCUT2D eigenvalue weighted by atomic mass is 32.2. The van der Waals surface area contributed by atoms with Crippen LogP contribution in [0.3, 0.4) is 0 Å². The first-order valence-corrected chi connectivity index (χ1v) is 11.6. The molecule has 28 heavy (non-hydrogen) atoms. The third-order valence-corrected chi connectivity index (χ3v) is 7.42. The summed E-state index contributed by atoms with van der Waals surface area (Å²) in [6.07, 6.45) is 4.44.